The summed E-state index contributed by atoms with van der Waals surface area (Å²) in [5.74, 6) is 0.218. The van der Waals surface area contributed by atoms with Crippen LogP contribution in [0.4, 0.5) is 0 Å². The van der Waals surface area contributed by atoms with Crippen LogP contribution in [0.25, 0.3) is 11.3 Å². The van der Waals surface area contributed by atoms with Crippen molar-refractivity contribution < 1.29 is 9.59 Å². The van der Waals surface area contributed by atoms with Gasteiger partial charge >= 0.3 is 0 Å². The van der Waals surface area contributed by atoms with E-state index in [4.69, 9.17) is 4.98 Å². The van der Waals surface area contributed by atoms with E-state index in [9.17, 15) is 9.59 Å². The number of fused-ring (bicyclic) bond motifs is 3. The number of hydrogen-bond donors (Lipinski definition) is 0. The lowest BCUT2D eigenvalue weighted by Gasteiger charge is -2.17. The van der Waals surface area contributed by atoms with Crippen LogP contribution in [0.3, 0.4) is 0 Å². The third-order valence-corrected chi connectivity index (χ3v) is 4.60. The maximum absolute atomic E-state index is 12.8. The van der Waals surface area contributed by atoms with E-state index in [1.807, 2.05) is 16.7 Å². The lowest BCUT2D eigenvalue weighted by Crippen LogP contribution is -2.24. The Morgan fingerprint density at radius 1 is 1.04 bits per heavy atom. The molecule has 1 aliphatic carbocycles. The van der Waals surface area contributed by atoms with Gasteiger partial charge in [0.2, 0.25) is 5.78 Å². The molecule has 25 heavy (non-hydrogen) atoms. The molecule has 1 aromatic carbocycles. The first-order valence-corrected chi connectivity index (χ1v) is 8.85. The highest BCUT2D eigenvalue weighted by molar-refractivity contribution is 6.52. The number of carbonyl (C=O) groups excluding carboxylic acids is 2. The fourth-order valence-electron chi connectivity index (χ4n) is 3.37. The predicted molar refractivity (Wildman–Crippen MR) is 98.2 cm³/mol. The van der Waals surface area contributed by atoms with Crippen LogP contribution in [0.15, 0.2) is 24.3 Å². The summed E-state index contributed by atoms with van der Waals surface area (Å²) in [6.07, 6.45) is 1.99. The van der Waals surface area contributed by atoms with E-state index < -0.39 is 11.6 Å². The van der Waals surface area contributed by atoms with Crippen LogP contribution >= 0.6 is 0 Å². The number of hydrogen-bond acceptors (Lipinski definition) is 4. The Balaban J connectivity index is 2.04. The zero-order valence-corrected chi connectivity index (χ0v) is 15.4. The zero-order chi connectivity index (χ0) is 18.1. The molecule has 3 rings (SSSR count). The average Bonchev–Trinajstić information content (AvgIpc) is 2.96. The van der Waals surface area contributed by atoms with Gasteiger partial charge in [-0.2, -0.15) is 0 Å². The molecule has 0 amide bonds. The molecule has 0 saturated carbocycles. The third kappa shape index (κ3) is 3.16. The van der Waals surface area contributed by atoms with Gasteiger partial charge in [-0.25, -0.2) is 4.98 Å². The molecule has 0 radical (unpaired) electrons. The molecular weight excluding hydrogens is 314 g/mol. The second-order valence-electron chi connectivity index (χ2n) is 7.19. The topological polar surface area (TPSA) is 55.2 Å². The first kappa shape index (κ1) is 17.5. The van der Waals surface area contributed by atoms with E-state index in [0.29, 0.717) is 23.5 Å². The van der Waals surface area contributed by atoms with E-state index >= 15 is 0 Å². The Morgan fingerprint density at radius 2 is 1.72 bits per heavy atom. The second kappa shape index (κ2) is 6.92. The van der Waals surface area contributed by atoms with Gasteiger partial charge in [0.05, 0.1) is 0 Å². The number of Topliss-reactive ketones (excluding diaryl/α,β-unsaturated/α-hetero) is 2. The van der Waals surface area contributed by atoms with Crippen LogP contribution < -0.4 is 0 Å². The second-order valence-corrected chi connectivity index (χ2v) is 7.19. The molecule has 1 aromatic heterocycles. The van der Waals surface area contributed by atoms with Crippen LogP contribution in [0.5, 0.6) is 0 Å². The largest absolute Gasteiger partial charge is 0.324 e. The highest BCUT2D eigenvalue weighted by Crippen LogP contribution is 2.35. The van der Waals surface area contributed by atoms with Crippen molar-refractivity contribution in [3.05, 3.63) is 41.3 Å². The van der Waals surface area contributed by atoms with Crippen molar-refractivity contribution in [3.8, 4) is 11.3 Å². The molecule has 0 unspecified atom stereocenters. The van der Waals surface area contributed by atoms with Crippen LogP contribution in [0, 0.1) is 0 Å². The van der Waals surface area contributed by atoms with Crippen molar-refractivity contribution in [3.63, 3.8) is 0 Å². The number of rotatable bonds is 6. The van der Waals surface area contributed by atoms with E-state index in [0.717, 1.165) is 30.8 Å². The quantitative estimate of drug-likeness (QED) is 0.598. The van der Waals surface area contributed by atoms with E-state index in [-0.39, 0.29) is 5.92 Å². The van der Waals surface area contributed by atoms with Gasteiger partial charge in [0.1, 0.15) is 17.2 Å². The smallest absolute Gasteiger partial charge is 0.252 e. The summed E-state index contributed by atoms with van der Waals surface area (Å²) in [6.45, 7) is 5.86. The molecule has 0 atom stereocenters. The number of benzene rings is 1. The standard InChI is InChI=1S/C20H25N3O2/c1-13(2)20-21-16-14-9-5-6-10-15(14)18(24)19(25)17(16)23(20)12-8-7-11-22(3)4/h5-6,9-10,13H,7-8,11-12H2,1-4H3. The maximum Gasteiger partial charge on any atom is 0.252 e. The van der Waals surface area contributed by atoms with Crippen LogP contribution in [0.1, 0.15) is 59.3 Å². The normalized spacial score (nSPS) is 13.5. The van der Waals surface area contributed by atoms with Gasteiger partial charge in [0, 0.05) is 23.6 Å². The van der Waals surface area contributed by atoms with Crippen LogP contribution in [-0.2, 0) is 6.54 Å². The Labute approximate surface area is 148 Å². The third-order valence-electron chi connectivity index (χ3n) is 4.60. The molecule has 132 valence electrons. The van der Waals surface area contributed by atoms with Crippen LogP contribution in [0.2, 0.25) is 0 Å². The molecule has 1 aliphatic rings. The molecule has 0 spiro atoms. The monoisotopic (exact) mass is 339 g/mol. The molecule has 1 heterocycles. The molecule has 0 saturated heterocycles. The Morgan fingerprint density at radius 3 is 2.36 bits per heavy atom. The molecular formula is C20H25N3O2. The number of imidazole rings is 1. The Bertz CT molecular complexity index is 818. The van der Waals surface area contributed by atoms with E-state index in [1.165, 1.54) is 0 Å². The molecule has 0 N–H and O–H groups in total. The van der Waals surface area contributed by atoms with E-state index in [1.54, 1.807) is 12.1 Å². The minimum Gasteiger partial charge on any atom is -0.324 e. The molecule has 0 aliphatic heterocycles. The Kier molecular flexibility index (Phi) is 4.86. The van der Waals surface area contributed by atoms with Gasteiger partial charge in [-0.15, -0.1) is 0 Å². The summed E-state index contributed by atoms with van der Waals surface area (Å²) in [7, 11) is 4.11. The fourth-order valence-corrected chi connectivity index (χ4v) is 3.37. The fraction of sp³-hybridized carbons (Fsp3) is 0.450. The van der Waals surface area contributed by atoms with Crippen molar-refractivity contribution in [2.24, 2.45) is 0 Å². The lowest BCUT2D eigenvalue weighted by atomic mass is 9.90. The van der Waals surface area contributed by atoms with Crippen molar-refractivity contribution in [2.45, 2.75) is 39.2 Å². The van der Waals surface area contributed by atoms with Gasteiger partial charge in [-0.05, 0) is 33.5 Å². The summed E-state index contributed by atoms with van der Waals surface area (Å²) in [5, 5.41) is 0. The SMILES string of the molecule is CC(C)c1nc2c(n1CCCCN(C)C)C(=O)C(=O)c1ccccc1-2. The summed E-state index contributed by atoms with van der Waals surface area (Å²) >= 11 is 0. The summed E-state index contributed by atoms with van der Waals surface area (Å²) < 4.78 is 1.98. The number of nitrogens with zero attached hydrogens (tertiary/aromatic N) is 3. The van der Waals surface area contributed by atoms with Gasteiger partial charge < -0.3 is 9.47 Å². The first-order valence-electron chi connectivity index (χ1n) is 8.85. The summed E-state index contributed by atoms with van der Waals surface area (Å²) in [5.41, 5.74) is 2.37. The lowest BCUT2D eigenvalue weighted by molar-refractivity contribution is 0.0809. The number of unbranched alkanes of at least 4 members (excludes halogenated alkanes) is 1. The van der Waals surface area contributed by atoms with Crippen molar-refractivity contribution in [1.82, 2.24) is 14.5 Å². The van der Waals surface area contributed by atoms with Gasteiger partial charge in [-0.3, -0.25) is 9.59 Å². The highest BCUT2D eigenvalue weighted by Gasteiger charge is 2.36. The molecule has 5 heteroatoms. The zero-order valence-electron chi connectivity index (χ0n) is 15.4. The predicted octanol–water partition coefficient (Wildman–Crippen LogP) is 3.39. The van der Waals surface area contributed by atoms with Crippen molar-refractivity contribution in [2.75, 3.05) is 20.6 Å². The van der Waals surface area contributed by atoms with Crippen molar-refractivity contribution >= 4 is 11.6 Å². The first-order chi connectivity index (χ1) is 11.9. The molecule has 2 aromatic rings. The maximum atomic E-state index is 12.8. The molecule has 5 nitrogen and oxygen atoms in total. The number of aromatic nitrogens is 2. The van der Waals surface area contributed by atoms with Crippen LogP contribution in [-0.4, -0.2) is 46.7 Å². The minimum atomic E-state index is -0.430. The summed E-state index contributed by atoms with van der Waals surface area (Å²) in [6, 6.07) is 7.27. The average molecular weight is 339 g/mol. The van der Waals surface area contributed by atoms with Gasteiger partial charge in [0.25, 0.3) is 5.78 Å². The number of ketones is 2. The van der Waals surface area contributed by atoms with Gasteiger partial charge in [0.15, 0.2) is 0 Å². The van der Waals surface area contributed by atoms with E-state index in [2.05, 4.69) is 32.8 Å². The van der Waals surface area contributed by atoms with Crippen molar-refractivity contribution in [1.29, 1.82) is 0 Å². The minimum absolute atomic E-state index is 0.189. The highest BCUT2D eigenvalue weighted by atomic mass is 16.2. The van der Waals surface area contributed by atoms with Gasteiger partial charge in [-0.1, -0.05) is 38.1 Å². The molecule has 0 bridgehead atoms. The summed E-state index contributed by atoms with van der Waals surface area (Å²) in [4.78, 5) is 32.2. The Hall–Kier alpha value is -2.27. The molecule has 0 fully saturated rings. The number of carbonyl (C=O) groups is 2.